The third kappa shape index (κ3) is 3.49. The van der Waals surface area contributed by atoms with Crippen molar-refractivity contribution in [1.82, 2.24) is 4.31 Å². The second-order valence-electron chi connectivity index (χ2n) is 4.24. The zero-order valence-electron chi connectivity index (χ0n) is 12.0. The van der Waals surface area contributed by atoms with Crippen molar-refractivity contribution < 1.29 is 13.2 Å². The molecule has 0 bridgehead atoms. The minimum absolute atomic E-state index is 0.183. The molecular formula is C15H21NO3S. The topological polar surface area (TPSA) is 46.6 Å². The smallest absolute Gasteiger partial charge is 0.247 e. The molecule has 0 atom stereocenters. The Bertz CT molecular complexity index is 569. The number of aryl methyl sites for hydroxylation is 1. The van der Waals surface area contributed by atoms with Crippen molar-refractivity contribution >= 4 is 10.0 Å². The molecule has 0 aliphatic rings. The van der Waals surface area contributed by atoms with E-state index in [1.165, 1.54) is 11.4 Å². The van der Waals surface area contributed by atoms with Crippen LogP contribution in [0.15, 0.2) is 48.4 Å². The Morgan fingerprint density at radius 2 is 1.85 bits per heavy atom. The van der Waals surface area contributed by atoms with E-state index < -0.39 is 10.0 Å². The molecule has 0 fully saturated rings. The molecule has 0 aliphatic carbocycles. The van der Waals surface area contributed by atoms with E-state index in [1.54, 1.807) is 24.3 Å². The lowest BCUT2D eigenvalue weighted by Crippen LogP contribution is -2.31. The van der Waals surface area contributed by atoms with Gasteiger partial charge in [-0.25, -0.2) is 8.42 Å². The van der Waals surface area contributed by atoms with Crippen molar-refractivity contribution in [3.05, 3.63) is 49.1 Å². The van der Waals surface area contributed by atoms with Crippen LogP contribution in [0.2, 0.25) is 0 Å². The first-order valence-electron chi connectivity index (χ1n) is 6.40. The summed E-state index contributed by atoms with van der Waals surface area (Å²) in [6.45, 7) is 9.62. The first-order valence-corrected chi connectivity index (χ1v) is 7.84. The highest BCUT2D eigenvalue weighted by atomic mass is 32.2. The van der Waals surface area contributed by atoms with E-state index in [4.69, 9.17) is 4.74 Å². The van der Waals surface area contributed by atoms with E-state index >= 15 is 0 Å². The van der Waals surface area contributed by atoms with Crippen LogP contribution in [0.5, 0.6) is 5.75 Å². The fraction of sp³-hybridized carbons (Fsp3) is 0.333. The minimum Gasteiger partial charge on any atom is -0.495 e. The van der Waals surface area contributed by atoms with Crippen molar-refractivity contribution in [2.75, 3.05) is 20.2 Å². The zero-order valence-corrected chi connectivity index (χ0v) is 12.8. The van der Waals surface area contributed by atoms with Gasteiger partial charge in [0.2, 0.25) is 10.0 Å². The van der Waals surface area contributed by atoms with Gasteiger partial charge in [-0.15, -0.1) is 13.2 Å². The quantitative estimate of drug-likeness (QED) is 0.693. The summed E-state index contributed by atoms with van der Waals surface area (Å²) in [7, 11) is -2.17. The molecular weight excluding hydrogens is 274 g/mol. The Balaban J connectivity index is 3.37. The summed E-state index contributed by atoms with van der Waals surface area (Å²) in [6.07, 6.45) is 3.86. The standard InChI is InChI=1S/C15H21NO3S/c1-5-10-16(11-6-2)20(17,18)15-12-13(7-3)8-9-14(15)19-4/h5-6,8-9,12H,1-2,7,10-11H2,3-4H3. The first kappa shape index (κ1) is 16.5. The highest BCUT2D eigenvalue weighted by Crippen LogP contribution is 2.28. The number of benzene rings is 1. The molecule has 0 N–H and O–H groups in total. The normalized spacial score (nSPS) is 11.3. The Hall–Kier alpha value is -1.59. The molecule has 1 rings (SSSR count). The molecule has 5 heteroatoms. The van der Waals surface area contributed by atoms with Crippen LogP contribution < -0.4 is 4.74 Å². The van der Waals surface area contributed by atoms with Crippen LogP contribution in [0, 0.1) is 0 Å². The summed E-state index contributed by atoms with van der Waals surface area (Å²) in [5.41, 5.74) is 0.946. The van der Waals surface area contributed by atoms with Crippen LogP contribution in [0.3, 0.4) is 0 Å². The number of hydrogen-bond donors (Lipinski definition) is 0. The fourth-order valence-electron chi connectivity index (χ4n) is 1.84. The molecule has 0 saturated carbocycles. The predicted octanol–water partition coefficient (Wildman–Crippen LogP) is 2.62. The predicted molar refractivity (Wildman–Crippen MR) is 81.5 cm³/mol. The Kier molecular flexibility index (Phi) is 5.98. The van der Waals surface area contributed by atoms with Crippen molar-refractivity contribution in [2.45, 2.75) is 18.2 Å². The van der Waals surface area contributed by atoms with Crippen LogP contribution in [-0.4, -0.2) is 32.9 Å². The lowest BCUT2D eigenvalue weighted by molar-refractivity contribution is 0.398. The van der Waals surface area contributed by atoms with E-state index in [-0.39, 0.29) is 18.0 Å². The Morgan fingerprint density at radius 3 is 2.30 bits per heavy atom. The van der Waals surface area contributed by atoms with Gasteiger partial charge in [0.1, 0.15) is 10.6 Å². The lowest BCUT2D eigenvalue weighted by Gasteiger charge is -2.21. The van der Waals surface area contributed by atoms with Gasteiger partial charge < -0.3 is 4.74 Å². The molecule has 1 aromatic carbocycles. The van der Waals surface area contributed by atoms with E-state index in [0.29, 0.717) is 5.75 Å². The Labute approximate surface area is 121 Å². The highest BCUT2D eigenvalue weighted by Gasteiger charge is 2.26. The largest absolute Gasteiger partial charge is 0.495 e. The van der Waals surface area contributed by atoms with E-state index in [1.807, 2.05) is 13.0 Å². The van der Waals surface area contributed by atoms with Crippen molar-refractivity contribution in [3.8, 4) is 5.75 Å². The molecule has 0 aromatic heterocycles. The Morgan fingerprint density at radius 1 is 1.25 bits per heavy atom. The number of hydrogen-bond acceptors (Lipinski definition) is 3. The summed E-state index contributed by atoms with van der Waals surface area (Å²) in [5.74, 6) is 0.348. The number of rotatable bonds is 8. The maximum atomic E-state index is 12.7. The van der Waals surface area contributed by atoms with E-state index in [2.05, 4.69) is 13.2 Å². The van der Waals surface area contributed by atoms with E-state index in [9.17, 15) is 8.42 Å². The maximum Gasteiger partial charge on any atom is 0.247 e. The molecule has 0 saturated heterocycles. The summed E-state index contributed by atoms with van der Waals surface area (Å²) < 4.78 is 31.9. The molecule has 20 heavy (non-hydrogen) atoms. The minimum atomic E-state index is -3.63. The van der Waals surface area contributed by atoms with Gasteiger partial charge in [0.25, 0.3) is 0 Å². The summed E-state index contributed by atoms with van der Waals surface area (Å²) in [6, 6.07) is 5.21. The maximum absolute atomic E-state index is 12.7. The molecule has 1 aromatic rings. The average molecular weight is 295 g/mol. The third-order valence-corrected chi connectivity index (χ3v) is 4.77. The van der Waals surface area contributed by atoms with Crippen molar-refractivity contribution in [1.29, 1.82) is 0 Å². The second kappa shape index (κ2) is 7.26. The van der Waals surface area contributed by atoms with Gasteiger partial charge in [0.05, 0.1) is 7.11 Å². The molecule has 4 nitrogen and oxygen atoms in total. The van der Waals surface area contributed by atoms with Crippen LogP contribution in [0.1, 0.15) is 12.5 Å². The van der Waals surface area contributed by atoms with Gasteiger partial charge in [-0.05, 0) is 24.1 Å². The van der Waals surface area contributed by atoms with Crippen molar-refractivity contribution in [2.24, 2.45) is 0 Å². The molecule has 0 heterocycles. The van der Waals surface area contributed by atoms with Crippen LogP contribution in [0.25, 0.3) is 0 Å². The molecule has 0 spiro atoms. The third-order valence-electron chi connectivity index (χ3n) is 2.92. The van der Waals surface area contributed by atoms with Gasteiger partial charge >= 0.3 is 0 Å². The number of sulfonamides is 1. The fourth-order valence-corrected chi connectivity index (χ4v) is 3.43. The van der Waals surface area contributed by atoms with Gasteiger partial charge in [-0.2, -0.15) is 4.31 Å². The van der Waals surface area contributed by atoms with Crippen molar-refractivity contribution in [3.63, 3.8) is 0 Å². The van der Waals surface area contributed by atoms with Crippen LogP contribution in [-0.2, 0) is 16.4 Å². The number of nitrogens with zero attached hydrogens (tertiary/aromatic N) is 1. The lowest BCUT2D eigenvalue weighted by atomic mass is 10.2. The molecule has 0 unspecified atom stereocenters. The summed E-state index contributed by atoms with van der Waals surface area (Å²) in [4.78, 5) is 0.183. The molecule has 0 amide bonds. The van der Waals surface area contributed by atoms with Gasteiger partial charge in [0, 0.05) is 13.1 Å². The summed E-state index contributed by atoms with van der Waals surface area (Å²) >= 11 is 0. The number of methoxy groups -OCH3 is 1. The average Bonchev–Trinajstić information content (AvgIpc) is 2.46. The first-order chi connectivity index (χ1) is 9.51. The monoisotopic (exact) mass is 295 g/mol. The molecule has 110 valence electrons. The molecule has 0 aliphatic heterocycles. The van der Waals surface area contributed by atoms with Crippen LogP contribution >= 0.6 is 0 Å². The summed E-state index contributed by atoms with van der Waals surface area (Å²) in [5, 5.41) is 0. The molecule has 0 radical (unpaired) electrons. The van der Waals surface area contributed by atoms with Gasteiger partial charge in [-0.3, -0.25) is 0 Å². The SMILES string of the molecule is C=CCN(CC=C)S(=O)(=O)c1cc(CC)ccc1OC. The highest BCUT2D eigenvalue weighted by molar-refractivity contribution is 7.89. The van der Waals surface area contributed by atoms with Gasteiger partial charge in [0.15, 0.2) is 0 Å². The van der Waals surface area contributed by atoms with Gasteiger partial charge in [-0.1, -0.05) is 25.1 Å². The number of ether oxygens (including phenoxy) is 1. The zero-order chi connectivity index (χ0) is 15.2. The van der Waals surface area contributed by atoms with E-state index in [0.717, 1.165) is 12.0 Å². The second-order valence-corrected chi connectivity index (χ2v) is 6.14. The van der Waals surface area contributed by atoms with Crippen LogP contribution in [0.4, 0.5) is 0 Å².